The summed E-state index contributed by atoms with van der Waals surface area (Å²) >= 11 is 0. The molecule has 4 nitrogen and oxygen atoms in total. The highest BCUT2D eigenvalue weighted by Gasteiger charge is 2.22. The Morgan fingerprint density at radius 1 is 1.14 bits per heavy atom. The molecule has 148 valence electrons. The number of rotatable bonds is 5. The Labute approximate surface area is 167 Å². The molecule has 4 heteroatoms. The van der Waals surface area contributed by atoms with Gasteiger partial charge in [-0.1, -0.05) is 30.3 Å². The van der Waals surface area contributed by atoms with E-state index in [1.807, 2.05) is 13.0 Å². The molecule has 0 saturated carbocycles. The summed E-state index contributed by atoms with van der Waals surface area (Å²) in [5, 5.41) is 1.12. The van der Waals surface area contributed by atoms with Gasteiger partial charge in [0.2, 0.25) is 0 Å². The van der Waals surface area contributed by atoms with Crippen LogP contribution < -0.4 is 4.74 Å². The SMILES string of the molecule is COc1cc2c(-c3ccccc3)c(C)oc2cc1CN(C)C1CCN(C)CC1. The van der Waals surface area contributed by atoms with Gasteiger partial charge in [0.15, 0.2) is 0 Å². The predicted octanol–water partition coefficient (Wildman–Crippen LogP) is 4.94. The summed E-state index contributed by atoms with van der Waals surface area (Å²) in [5.41, 5.74) is 4.45. The van der Waals surface area contributed by atoms with Gasteiger partial charge in [0.05, 0.1) is 7.11 Å². The lowest BCUT2D eigenvalue weighted by Crippen LogP contribution is -2.41. The number of hydrogen-bond donors (Lipinski definition) is 0. The van der Waals surface area contributed by atoms with Crippen LogP contribution in [0.5, 0.6) is 5.75 Å². The van der Waals surface area contributed by atoms with Gasteiger partial charge in [-0.2, -0.15) is 0 Å². The molecule has 1 aliphatic rings. The molecule has 1 aromatic heterocycles. The second-order valence-corrected chi connectivity index (χ2v) is 8.01. The molecule has 4 rings (SSSR count). The molecular formula is C24H30N2O2. The molecule has 0 radical (unpaired) electrons. The fourth-order valence-electron chi connectivity index (χ4n) is 4.40. The molecule has 3 aromatic rings. The van der Waals surface area contributed by atoms with Crippen molar-refractivity contribution in [2.45, 2.75) is 32.4 Å². The minimum Gasteiger partial charge on any atom is -0.496 e. The largest absolute Gasteiger partial charge is 0.496 e. The number of hydrogen-bond acceptors (Lipinski definition) is 4. The van der Waals surface area contributed by atoms with Crippen molar-refractivity contribution in [3.8, 4) is 16.9 Å². The van der Waals surface area contributed by atoms with Gasteiger partial charge in [0.1, 0.15) is 17.1 Å². The number of benzene rings is 2. The van der Waals surface area contributed by atoms with Crippen molar-refractivity contribution >= 4 is 11.0 Å². The van der Waals surface area contributed by atoms with Crippen molar-refractivity contribution in [3.63, 3.8) is 0 Å². The first-order valence-corrected chi connectivity index (χ1v) is 10.1. The Morgan fingerprint density at radius 2 is 1.86 bits per heavy atom. The zero-order valence-electron chi connectivity index (χ0n) is 17.4. The molecule has 1 fully saturated rings. The van der Waals surface area contributed by atoms with Crippen molar-refractivity contribution in [3.05, 3.63) is 53.8 Å². The number of ether oxygens (including phenoxy) is 1. The summed E-state index contributed by atoms with van der Waals surface area (Å²) < 4.78 is 11.9. The molecule has 2 heterocycles. The average molecular weight is 379 g/mol. The van der Waals surface area contributed by atoms with E-state index in [-0.39, 0.29) is 0 Å². The van der Waals surface area contributed by atoms with E-state index in [1.54, 1.807) is 7.11 Å². The van der Waals surface area contributed by atoms with Gasteiger partial charge >= 0.3 is 0 Å². The molecule has 1 saturated heterocycles. The maximum Gasteiger partial charge on any atom is 0.135 e. The molecule has 2 aromatic carbocycles. The lowest BCUT2D eigenvalue weighted by Gasteiger charge is -2.35. The number of piperidine rings is 1. The molecular weight excluding hydrogens is 348 g/mol. The standard InChI is InChI=1S/C24H30N2O2/c1-17-24(18-8-6-5-7-9-18)21-15-22(27-4)19(14-23(21)28-17)16-26(3)20-10-12-25(2)13-11-20/h5-9,14-15,20H,10-13,16H2,1-4H3. The monoisotopic (exact) mass is 378 g/mol. The van der Waals surface area contributed by atoms with E-state index in [0.29, 0.717) is 6.04 Å². The average Bonchev–Trinajstić information content (AvgIpc) is 3.03. The first-order valence-electron chi connectivity index (χ1n) is 10.1. The number of furan rings is 1. The normalized spacial score (nSPS) is 16.2. The third-order valence-electron chi connectivity index (χ3n) is 6.06. The van der Waals surface area contributed by atoms with Crippen LogP contribution in [0.4, 0.5) is 0 Å². The quantitative estimate of drug-likeness (QED) is 0.629. The van der Waals surface area contributed by atoms with E-state index < -0.39 is 0 Å². The third-order valence-corrected chi connectivity index (χ3v) is 6.06. The van der Waals surface area contributed by atoms with Crippen LogP contribution in [-0.4, -0.2) is 50.1 Å². The second kappa shape index (κ2) is 7.98. The Morgan fingerprint density at radius 3 is 2.54 bits per heavy atom. The van der Waals surface area contributed by atoms with Crippen LogP contribution in [0.2, 0.25) is 0 Å². The first kappa shape index (κ1) is 19.0. The van der Waals surface area contributed by atoms with Crippen molar-refractivity contribution < 1.29 is 9.15 Å². The summed E-state index contributed by atoms with van der Waals surface area (Å²) in [7, 11) is 6.19. The summed E-state index contributed by atoms with van der Waals surface area (Å²) in [5.74, 6) is 1.88. The molecule has 0 N–H and O–H groups in total. The van der Waals surface area contributed by atoms with E-state index in [0.717, 1.165) is 34.6 Å². The Balaban J connectivity index is 1.66. The van der Waals surface area contributed by atoms with Gasteiger partial charge in [-0.3, -0.25) is 4.90 Å². The minimum absolute atomic E-state index is 0.620. The Bertz CT molecular complexity index is 940. The van der Waals surface area contributed by atoms with Crippen LogP contribution in [0.15, 0.2) is 46.9 Å². The van der Waals surface area contributed by atoms with Crippen LogP contribution in [0, 0.1) is 6.92 Å². The maximum atomic E-state index is 6.15. The maximum absolute atomic E-state index is 6.15. The van der Waals surface area contributed by atoms with Crippen molar-refractivity contribution in [1.29, 1.82) is 0 Å². The summed E-state index contributed by atoms with van der Waals surface area (Å²) in [6.45, 7) is 5.25. The zero-order chi connectivity index (χ0) is 19.7. The van der Waals surface area contributed by atoms with Gasteiger partial charge in [0, 0.05) is 29.1 Å². The number of methoxy groups -OCH3 is 1. The molecule has 0 aliphatic carbocycles. The van der Waals surface area contributed by atoms with E-state index in [1.165, 1.54) is 37.1 Å². The topological polar surface area (TPSA) is 28.9 Å². The molecule has 0 unspecified atom stereocenters. The highest BCUT2D eigenvalue weighted by Crippen LogP contribution is 2.38. The van der Waals surface area contributed by atoms with Crippen molar-refractivity contribution in [1.82, 2.24) is 9.80 Å². The van der Waals surface area contributed by atoms with Gasteiger partial charge in [0.25, 0.3) is 0 Å². The lowest BCUT2D eigenvalue weighted by atomic mass is 10.00. The Hall–Kier alpha value is -2.30. The fraction of sp³-hybridized carbons (Fsp3) is 0.417. The molecule has 0 spiro atoms. The number of fused-ring (bicyclic) bond motifs is 1. The van der Waals surface area contributed by atoms with Crippen LogP contribution in [0.3, 0.4) is 0 Å². The van der Waals surface area contributed by atoms with E-state index >= 15 is 0 Å². The van der Waals surface area contributed by atoms with Crippen LogP contribution in [-0.2, 0) is 6.54 Å². The smallest absolute Gasteiger partial charge is 0.135 e. The number of aryl methyl sites for hydroxylation is 1. The number of nitrogens with zero attached hydrogens (tertiary/aromatic N) is 2. The van der Waals surface area contributed by atoms with Crippen molar-refractivity contribution in [2.24, 2.45) is 0 Å². The van der Waals surface area contributed by atoms with Gasteiger partial charge in [-0.05, 0) is 64.6 Å². The van der Waals surface area contributed by atoms with Gasteiger partial charge in [-0.15, -0.1) is 0 Å². The molecule has 1 aliphatic heterocycles. The van der Waals surface area contributed by atoms with Crippen molar-refractivity contribution in [2.75, 3.05) is 34.3 Å². The number of likely N-dealkylation sites (tertiary alicyclic amines) is 1. The van der Waals surface area contributed by atoms with Gasteiger partial charge in [-0.25, -0.2) is 0 Å². The highest BCUT2D eigenvalue weighted by atomic mass is 16.5. The van der Waals surface area contributed by atoms with Gasteiger partial charge < -0.3 is 14.1 Å². The summed E-state index contributed by atoms with van der Waals surface area (Å²) in [6, 6.07) is 15.4. The second-order valence-electron chi connectivity index (χ2n) is 8.01. The fourth-order valence-corrected chi connectivity index (χ4v) is 4.40. The third kappa shape index (κ3) is 3.67. The van der Waals surface area contributed by atoms with E-state index in [2.05, 4.69) is 60.3 Å². The van der Waals surface area contributed by atoms with Crippen LogP contribution in [0.1, 0.15) is 24.2 Å². The van der Waals surface area contributed by atoms with E-state index in [4.69, 9.17) is 9.15 Å². The van der Waals surface area contributed by atoms with Crippen LogP contribution in [0.25, 0.3) is 22.1 Å². The highest BCUT2D eigenvalue weighted by molar-refractivity contribution is 5.97. The predicted molar refractivity (Wildman–Crippen MR) is 115 cm³/mol. The lowest BCUT2D eigenvalue weighted by molar-refractivity contribution is 0.138. The molecule has 28 heavy (non-hydrogen) atoms. The molecule has 0 amide bonds. The molecule has 0 atom stereocenters. The van der Waals surface area contributed by atoms with Crippen LogP contribution >= 0.6 is 0 Å². The minimum atomic E-state index is 0.620. The molecule has 0 bridgehead atoms. The zero-order valence-corrected chi connectivity index (χ0v) is 17.4. The summed E-state index contributed by atoms with van der Waals surface area (Å²) in [4.78, 5) is 4.87. The summed E-state index contributed by atoms with van der Waals surface area (Å²) in [6.07, 6.45) is 2.44. The van der Waals surface area contributed by atoms with E-state index in [9.17, 15) is 0 Å². The Kier molecular flexibility index (Phi) is 5.42. The first-order chi connectivity index (χ1) is 13.6.